The third-order valence-electron chi connectivity index (χ3n) is 3.41. The van der Waals surface area contributed by atoms with Crippen LogP contribution in [0.25, 0.3) is 0 Å². The number of aliphatic carboxylic acids is 1. The maximum absolute atomic E-state index is 13.3. The summed E-state index contributed by atoms with van der Waals surface area (Å²) in [7, 11) is 0. The molecule has 92 valence electrons. The molecule has 0 unspecified atom stereocenters. The van der Waals surface area contributed by atoms with Gasteiger partial charge in [0.1, 0.15) is 11.6 Å². The summed E-state index contributed by atoms with van der Waals surface area (Å²) in [5.41, 5.74) is -1.11. The molecular formula is C12H12ClFO3. The van der Waals surface area contributed by atoms with Crippen LogP contribution in [0.1, 0.15) is 31.2 Å². The molecule has 0 heterocycles. The first kappa shape index (κ1) is 12.2. The number of rotatable bonds is 2. The third kappa shape index (κ3) is 1.86. The second-order valence-corrected chi connectivity index (χ2v) is 4.79. The summed E-state index contributed by atoms with van der Waals surface area (Å²) in [6.45, 7) is 0. The van der Waals surface area contributed by atoms with Crippen LogP contribution in [0.2, 0.25) is 5.02 Å². The van der Waals surface area contributed by atoms with Crippen LogP contribution < -0.4 is 0 Å². The minimum Gasteiger partial charge on any atom is -0.506 e. The number of aromatic hydroxyl groups is 1. The number of hydrogen-bond donors (Lipinski definition) is 2. The van der Waals surface area contributed by atoms with E-state index in [-0.39, 0.29) is 16.3 Å². The van der Waals surface area contributed by atoms with Crippen molar-refractivity contribution in [1.82, 2.24) is 0 Å². The standard InChI is InChI=1S/C12H12ClFO3/c13-9-6-7(14)5-8(10(9)15)12(11(16)17)3-1-2-4-12/h5-6,15H,1-4H2,(H,16,17). The van der Waals surface area contributed by atoms with E-state index in [0.717, 1.165) is 25.0 Å². The Labute approximate surface area is 103 Å². The van der Waals surface area contributed by atoms with E-state index in [1.807, 2.05) is 0 Å². The summed E-state index contributed by atoms with van der Waals surface area (Å²) in [6.07, 6.45) is 2.30. The summed E-state index contributed by atoms with van der Waals surface area (Å²) in [5.74, 6) is -1.99. The first-order valence-electron chi connectivity index (χ1n) is 5.39. The largest absolute Gasteiger partial charge is 0.506 e. The van der Waals surface area contributed by atoms with Crippen molar-refractivity contribution in [3.63, 3.8) is 0 Å². The van der Waals surface area contributed by atoms with Gasteiger partial charge in [0.25, 0.3) is 0 Å². The Bertz CT molecular complexity index is 467. The van der Waals surface area contributed by atoms with Gasteiger partial charge in [0, 0.05) is 5.56 Å². The van der Waals surface area contributed by atoms with Gasteiger partial charge in [-0.3, -0.25) is 4.79 Å². The number of hydrogen-bond acceptors (Lipinski definition) is 2. The number of benzene rings is 1. The second kappa shape index (κ2) is 4.18. The predicted molar refractivity (Wildman–Crippen MR) is 60.9 cm³/mol. The van der Waals surface area contributed by atoms with Crippen molar-refractivity contribution >= 4 is 17.6 Å². The molecule has 1 saturated carbocycles. The van der Waals surface area contributed by atoms with E-state index in [2.05, 4.69) is 0 Å². The van der Waals surface area contributed by atoms with Gasteiger partial charge in [-0.1, -0.05) is 24.4 Å². The first-order valence-corrected chi connectivity index (χ1v) is 5.77. The Balaban J connectivity index is 2.62. The summed E-state index contributed by atoms with van der Waals surface area (Å²) in [4.78, 5) is 11.4. The molecule has 0 atom stereocenters. The molecule has 0 radical (unpaired) electrons. The molecule has 1 aliphatic rings. The van der Waals surface area contributed by atoms with Crippen molar-refractivity contribution in [3.05, 3.63) is 28.5 Å². The molecule has 0 aliphatic heterocycles. The van der Waals surface area contributed by atoms with Crippen LogP contribution in [-0.2, 0) is 10.2 Å². The van der Waals surface area contributed by atoms with Crippen LogP contribution >= 0.6 is 11.6 Å². The lowest BCUT2D eigenvalue weighted by atomic mass is 9.78. The average molecular weight is 259 g/mol. The van der Waals surface area contributed by atoms with E-state index in [1.54, 1.807) is 0 Å². The molecule has 1 aliphatic carbocycles. The van der Waals surface area contributed by atoms with Gasteiger partial charge in [-0.15, -0.1) is 0 Å². The van der Waals surface area contributed by atoms with E-state index in [4.69, 9.17) is 11.6 Å². The number of carboxylic acids is 1. The highest BCUT2D eigenvalue weighted by molar-refractivity contribution is 6.32. The lowest BCUT2D eigenvalue weighted by Gasteiger charge is -2.25. The number of phenolic OH excluding ortho intramolecular Hbond substituents is 1. The molecule has 1 fully saturated rings. The van der Waals surface area contributed by atoms with Gasteiger partial charge in [0.15, 0.2) is 0 Å². The Kier molecular flexibility index (Phi) is 3.00. The molecule has 1 aromatic rings. The monoisotopic (exact) mass is 258 g/mol. The highest BCUT2D eigenvalue weighted by Gasteiger charge is 2.45. The van der Waals surface area contributed by atoms with Crippen LogP contribution in [0.3, 0.4) is 0 Å². The van der Waals surface area contributed by atoms with Gasteiger partial charge in [0.2, 0.25) is 0 Å². The molecule has 1 aromatic carbocycles. The smallest absolute Gasteiger partial charge is 0.314 e. The zero-order valence-electron chi connectivity index (χ0n) is 9.04. The normalized spacial score (nSPS) is 18.2. The second-order valence-electron chi connectivity index (χ2n) is 4.38. The van der Waals surface area contributed by atoms with Gasteiger partial charge < -0.3 is 10.2 Å². The van der Waals surface area contributed by atoms with Crippen molar-refractivity contribution < 1.29 is 19.4 Å². The molecule has 0 bridgehead atoms. The summed E-state index contributed by atoms with van der Waals surface area (Å²) in [5, 5.41) is 19.0. The summed E-state index contributed by atoms with van der Waals surface area (Å²) < 4.78 is 13.3. The van der Waals surface area contributed by atoms with E-state index < -0.39 is 17.2 Å². The summed E-state index contributed by atoms with van der Waals surface area (Å²) >= 11 is 5.68. The van der Waals surface area contributed by atoms with Crippen molar-refractivity contribution in [2.24, 2.45) is 0 Å². The van der Waals surface area contributed by atoms with Crippen LogP contribution in [0.15, 0.2) is 12.1 Å². The quantitative estimate of drug-likeness (QED) is 0.857. The SMILES string of the molecule is O=C(O)C1(c2cc(F)cc(Cl)c2O)CCCC1. The lowest BCUT2D eigenvalue weighted by molar-refractivity contribution is -0.143. The summed E-state index contributed by atoms with van der Waals surface area (Å²) in [6, 6.07) is 2.05. The van der Waals surface area contributed by atoms with Gasteiger partial charge >= 0.3 is 5.97 Å². The maximum atomic E-state index is 13.3. The van der Waals surface area contributed by atoms with Gasteiger partial charge in [0.05, 0.1) is 10.4 Å². The van der Waals surface area contributed by atoms with Crippen LogP contribution in [-0.4, -0.2) is 16.2 Å². The molecule has 2 N–H and O–H groups in total. The fraction of sp³-hybridized carbons (Fsp3) is 0.417. The van der Waals surface area contributed by atoms with Crippen molar-refractivity contribution in [2.75, 3.05) is 0 Å². The zero-order chi connectivity index (χ0) is 12.6. The van der Waals surface area contributed by atoms with Gasteiger partial charge in [-0.05, 0) is 25.0 Å². The molecule has 2 rings (SSSR count). The van der Waals surface area contributed by atoms with Gasteiger partial charge in [-0.2, -0.15) is 0 Å². The van der Waals surface area contributed by atoms with Crippen LogP contribution in [0.4, 0.5) is 4.39 Å². The highest BCUT2D eigenvalue weighted by atomic mass is 35.5. The van der Waals surface area contributed by atoms with Gasteiger partial charge in [-0.25, -0.2) is 4.39 Å². The number of phenols is 1. The minimum absolute atomic E-state index is 0.0903. The molecule has 0 aromatic heterocycles. The molecular weight excluding hydrogens is 247 g/mol. The van der Waals surface area contributed by atoms with E-state index in [0.29, 0.717) is 12.8 Å². The Morgan fingerprint density at radius 2 is 1.94 bits per heavy atom. The fourth-order valence-electron chi connectivity index (χ4n) is 2.51. The van der Waals surface area contributed by atoms with Crippen molar-refractivity contribution in [2.45, 2.75) is 31.1 Å². The zero-order valence-corrected chi connectivity index (χ0v) is 9.80. The van der Waals surface area contributed by atoms with E-state index in [9.17, 15) is 19.4 Å². The average Bonchev–Trinajstić information content (AvgIpc) is 2.73. The van der Waals surface area contributed by atoms with Crippen molar-refractivity contribution in [1.29, 1.82) is 0 Å². The Morgan fingerprint density at radius 1 is 1.35 bits per heavy atom. The molecule has 5 heteroatoms. The Hall–Kier alpha value is -1.29. The molecule has 0 saturated heterocycles. The number of carboxylic acid groups (broad SMARTS) is 1. The fourth-order valence-corrected chi connectivity index (χ4v) is 2.71. The number of halogens is 2. The number of carbonyl (C=O) groups is 1. The topological polar surface area (TPSA) is 57.5 Å². The van der Waals surface area contributed by atoms with Crippen LogP contribution in [0.5, 0.6) is 5.75 Å². The molecule has 0 spiro atoms. The van der Waals surface area contributed by atoms with Crippen molar-refractivity contribution in [3.8, 4) is 5.75 Å². The van der Waals surface area contributed by atoms with E-state index >= 15 is 0 Å². The minimum atomic E-state index is -1.20. The van der Waals surface area contributed by atoms with Crippen LogP contribution in [0, 0.1) is 5.82 Å². The molecule has 17 heavy (non-hydrogen) atoms. The van der Waals surface area contributed by atoms with E-state index in [1.165, 1.54) is 0 Å². The molecule has 3 nitrogen and oxygen atoms in total. The predicted octanol–water partition coefficient (Wildman–Crippen LogP) is 3.08. The third-order valence-corrected chi connectivity index (χ3v) is 3.70. The lowest BCUT2D eigenvalue weighted by Crippen LogP contribution is -2.32. The molecule has 0 amide bonds. The Morgan fingerprint density at radius 3 is 2.47 bits per heavy atom. The maximum Gasteiger partial charge on any atom is 0.314 e. The highest BCUT2D eigenvalue weighted by Crippen LogP contribution is 2.46. The first-order chi connectivity index (χ1) is 7.97.